The van der Waals surface area contributed by atoms with Crippen LogP contribution in [0.25, 0.3) is 55.4 Å². The molecule has 0 atom stereocenters. The van der Waals surface area contributed by atoms with Gasteiger partial charge in [0.05, 0.1) is 23.5 Å². The molecule has 7 rings (SSSR count). The number of rotatable bonds is 9. The third-order valence-electron chi connectivity index (χ3n) is 8.37. The summed E-state index contributed by atoms with van der Waals surface area (Å²) in [6.45, 7) is 1.23. The number of aromatic nitrogens is 4. The molecule has 0 spiro atoms. The fraction of sp³-hybridized carbons (Fsp3) is 0.278. The number of nitrogens with zero attached hydrogens (tertiary/aromatic N) is 3. The molecule has 44 heavy (non-hydrogen) atoms. The number of ether oxygens (including phenoxy) is 2. The number of benzene rings is 3. The van der Waals surface area contributed by atoms with E-state index in [2.05, 4.69) is 50.5 Å². The van der Waals surface area contributed by atoms with Gasteiger partial charge in [-0.1, -0.05) is 24.6 Å². The van der Waals surface area contributed by atoms with Crippen molar-refractivity contribution in [3.63, 3.8) is 0 Å². The molecular formula is C36H36FN5O2. The predicted octanol–water partition coefficient (Wildman–Crippen LogP) is 8.23. The minimum atomic E-state index is -0.330. The van der Waals surface area contributed by atoms with Crippen molar-refractivity contribution < 1.29 is 13.9 Å². The van der Waals surface area contributed by atoms with Gasteiger partial charge in [-0.3, -0.25) is 10.1 Å². The summed E-state index contributed by atoms with van der Waals surface area (Å²) in [5.74, 6) is 1.00. The van der Waals surface area contributed by atoms with Crippen molar-refractivity contribution >= 4 is 21.8 Å². The first-order chi connectivity index (χ1) is 21.5. The fourth-order valence-corrected chi connectivity index (χ4v) is 6.10. The van der Waals surface area contributed by atoms with Gasteiger partial charge in [0.25, 0.3) is 0 Å². The lowest BCUT2D eigenvalue weighted by Crippen LogP contribution is -2.19. The highest BCUT2D eigenvalue weighted by Crippen LogP contribution is 2.37. The zero-order chi connectivity index (χ0) is 30.0. The Morgan fingerprint density at radius 3 is 2.57 bits per heavy atom. The minimum Gasteiger partial charge on any atom is -0.492 e. The Balaban J connectivity index is 1.21. The zero-order valence-corrected chi connectivity index (χ0v) is 25.1. The predicted molar refractivity (Wildman–Crippen MR) is 174 cm³/mol. The van der Waals surface area contributed by atoms with Crippen LogP contribution in [0.2, 0.25) is 0 Å². The van der Waals surface area contributed by atoms with Crippen molar-refractivity contribution in [1.29, 1.82) is 0 Å². The van der Waals surface area contributed by atoms with Gasteiger partial charge in [-0.15, -0.1) is 0 Å². The third-order valence-corrected chi connectivity index (χ3v) is 8.37. The van der Waals surface area contributed by atoms with Gasteiger partial charge < -0.3 is 19.4 Å². The molecule has 3 aromatic carbocycles. The van der Waals surface area contributed by atoms with Gasteiger partial charge in [0.1, 0.15) is 29.6 Å². The lowest BCUT2D eigenvalue weighted by atomic mass is 9.98. The number of likely N-dealkylation sites (N-methyl/N-ethyl adjacent to an activating group) is 1. The van der Waals surface area contributed by atoms with Crippen LogP contribution in [0.15, 0.2) is 79.1 Å². The van der Waals surface area contributed by atoms with E-state index in [9.17, 15) is 4.39 Å². The maximum absolute atomic E-state index is 14.7. The normalized spacial score (nSPS) is 14.1. The number of H-pyrrole nitrogens is 2. The van der Waals surface area contributed by atoms with Crippen LogP contribution >= 0.6 is 0 Å². The average molecular weight is 590 g/mol. The standard InChI is InChI=1S/C36H36FN5O2/c1-42(2)13-14-43-28-16-24(15-26(37)19-28)30-9-6-10-33-31(30)20-35(39-33)36-32-18-23(11-12-34(32)40-41-36)25-17-29(22-38-21-25)44-27-7-4-3-5-8-27/h6,9-12,15-22,27,39H,3-5,7-8,13-14H2,1-2H3,(H,40,41). The molecule has 1 aliphatic carbocycles. The molecule has 3 aromatic heterocycles. The van der Waals surface area contributed by atoms with Crippen molar-refractivity contribution in [2.45, 2.75) is 38.2 Å². The van der Waals surface area contributed by atoms with Crippen LogP contribution in [0.1, 0.15) is 32.1 Å². The van der Waals surface area contributed by atoms with Gasteiger partial charge in [0.15, 0.2) is 0 Å². The molecule has 0 saturated heterocycles. The van der Waals surface area contributed by atoms with Crippen molar-refractivity contribution in [1.82, 2.24) is 25.1 Å². The summed E-state index contributed by atoms with van der Waals surface area (Å²) in [6, 6.07) is 21.3. The molecule has 6 aromatic rings. The SMILES string of the molecule is CN(C)CCOc1cc(F)cc(-c2cccc3[nH]c(-c4n[nH]c5ccc(-c6cncc(OC7CCCCC7)c6)cc45)cc23)c1. The second-order valence-electron chi connectivity index (χ2n) is 11.9. The third kappa shape index (κ3) is 5.90. The quantitative estimate of drug-likeness (QED) is 0.178. The second-order valence-corrected chi connectivity index (χ2v) is 11.9. The van der Waals surface area contributed by atoms with E-state index < -0.39 is 0 Å². The van der Waals surface area contributed by atoms with Crippen molar-refractivity contribution in [3.05, 3.63) is 84.9 Å². The fourth-order valence-electron chi connectivity index (χ4n) is 6.10. The van der Waals surface area contributed by atoms with Crippen LogP contribution in [0.4, 0.5) is 4.39 Å². The molecule has 224 valence electrons. The summed E-state index contributed by atoms with van der Waals surface area (Å²) in [5.41, 5.74) is 7.30. The minimum absolute atomic E-state index is 0.269. The van der Waals surface area contributed by atoms with Crippen LogP contribution in [0.3, 0.4) is 0 Å². The maximum Gasteiger partial charge on any atom is 0.138 e. The Morgan fingerprint density at radius 1 is 0.841 bits per heavy atom. The van der Waals surface area contributed by atoms with E-state index in [0.717, 1.165) is 80.6 Å². The molecule has 7 nitrogen and oxygen atoms in total. The van der Waals surface area contributed by atoms with Crippen molar-refractivity contribution in [2.75, 3.05) is 27.2 Å². The monoisotopic (exact) mass is 589 g/mol. The number of nitrogens with one attached hydrogen (secondary N) is 2. The first-order valence-corrected chi connectivity index (χ1v) is 15.3. The van der Waals surface area contributed by atoms with E-state index in [0.29, 0.717) is 12.4 Å². The first kappa shape index (κ1) is 28.1. The number of pyridine rings is 1. The topological polar surface area (TPSA) is 79.1 Å². The van der Waals surface area contributed by atoms with E-state index in [4.69, 9.17) is 9.47 Å². The maximum atomic E-state index is 14.7. The summed E-state index contributed by atoms with van der Waals surface area (Å²) in [6.07, 6.45) is 9.90. The number of aromatic amines is 2. The number of hydrogen-bond acceptors (Lipinski definition) is 5. The van der Waals surface area contributed by atoms with Gasteiger partial charge in [-0.2, -0.15) is 5.10 Å². The first-order valence-electron chi connectivity index (χ1n) is 15.3. The van der Waals surface area contributed by atoms with Crippen LogP contribution in [-0.4, -0.2) is 58.4 Å². The molecule has 0 unspecified atom stereocenters. The molecule has 0 bridgehead atoms. The summed E-state index contributed by atoms with van der Waals surface area (Å²) in [5, 5.41) is 9.85. The van der Waals surface area contributed by atoms with Gasteiger partial charge in [0.2, 0.25) is 0 Å². The van der Waals surface area contributed by atoms with E-state index >= 15 is 0 Å². The lowest BCUT2D eigenvalue weighted by Gasteiger charge is -2.23. The van der Waals surface area contributed by atoms with Crippen LogP contribution < -0.4 is 9.47 Å². The van der Waals surface area contributed by atoms with Gasteiger partial charge >= 0.3 is 0 Å². The zero-order valence-electron chi connectivity index (χ0n) is 25.1. The Labute approximate surface area is 256 Å². The molecule has 1 saturated carbocycles. The lowest BCUT2D eigenvalue weighted by molar-refractivity contribution is 0.154. The summed E-state index contributed by atoms with van der Waals surface area (Å²) >= 11 is 0. The molecule has 2 N–H and O–H groups in total. The summed E-state index contributed by atoms with van der Waals surface area (Å²) < 4.78 is 26.8. The van der Waals surface area contributed by atoms with Crippen LogP contribution in [-0.2, 0) is 0 Å². The van der Waals surface area contributed by atoms with E-state index in [1.165, 1.54) is 25.3 Å². The van der Waals surface area contributed by atoms with E-state index in [1.807, 2.05) is 49.5 Å². The second kappa shape index (κ2) is 12.1. The molecule has 0 aliphatic heterocycles. The van der Waals surface area contributed by atoms with Gasteiger partial charge in [0, 0.05) is 40.7 Å². The van der Waals surface area contributed by atoms with Gasteiger partial charge in [-0.25, -0.2) is 4.39 Å². The molecule has 0 radical (unpaired) electrons. The molecule has 3 heterocycles. The molecule has 1 fully saturated rings. The molecule has 1 aliphatic rings. The molecule has 8 heteroatoms. The van der Waals surface area contributed by atoms with E-state index in [-0.39, 0.29) is 11.9 Å². The highest BCUT2D eigenvalue weighted by Gasteiger charge is 2.17. The largest absolute Gasteiger partial charge is 0.492 e. The van der Waals surface area contributed by atoms with E-state index in [1.54, 1.807) is 12.3 Å². The van der Waals surface area contributed by atoms with Crippen molar-refractivity contribution in [3.8, 4) is 45.1 Å². The Bertz CT molecular complexity index is 1920. The smallest absolute Gasteiger partial charge is 0.138 e. The highest BCUT2D eigenvalue weighted by molar-refractivity contribution is 6.02. The van der Waals surface area contributed by atoms with Crippen LogP contribution in [0, 0.1) is 5.82 Å². The summed E-state index contributed by atoms with van der Waals surface area (Å²) in [7, 11) is 3.96. The Hall–Kier alpha value is -4.69. The average Bonchev–Trinajstić information content (AvgIpc) is 3.65. The molecular weight excluding hydrogens is 553 g/mol. The Kier molecular flexibility index (Phi) is 7.75. The van der Waals surface area contributed by atoms with Gasteiger partial charge in [-0.05, 0) is 98.9 Å². The van der Waals surface area contributed by atoms with Crippen molar-refractivity contribution in [2.24, 2.45) is 0 Å². The Morgan fingerprint density at radius 2 is 1.70 bits per heavy atom. The highest BCUT2D eigenvalue weighted by atomic mass is 19.1. The number of halogens is 1. The number of fused-ring (bicyclic) bond motifs is 2. The number of hydrogen-bond donors (Lipinski definition) is 2. The van der Waals surface area contributed by atoms with Crippen LogP contribution in [0.5, 0.6) is 11.5 Å². The summed E-state index contributed by atoms with van der Waals surface area (Å²) in [4.78, 5) is 10.1. The molecule has 0 amide bonds.